The fourth-order valence-electron chi connectivity index (χ4n) is 2.87. The second-order valence-corrected chi connectivity index (χ2v) is 5.43. The standard InChI is InChI=1S/C15H19N3O2/c19-14(17-7-1-2-8-17)12-5-6-16-13(11-12)15(20)18-9-3-4-10-18/h5-6,11H,1-4,7-10H2. The average molecular weight is 273 g/mol. The normalized spacial score (nSPS) is 18.6. The number of pyridine rings is 1. The highest BCUT2D eigenvalue weighted by molar-refractivity contribution is 5.98. The molecule has 1 aromatic heterocycles. The van der Waals surface area contributed by atoms with E-state index in [1.54, 1.807) is 18.3 Å². The van der Waals surface area contributed by atoms with E-state index in [0.29, 0.717) is 11.3 Å². The van der Waals surface area contributed by atoms with E-state index in [1.165, 1.54) is 0 Å². The Bertz CT molecular complexity index is 474. The summed E-state index contributed by atoms with van der Waals surface area (Å²) in [5.74, 6) is -0.0426. The summed E-state index contributed by atoms with van der Waals surface area (Å²) in [6.07, 6.45) is 5.80. The molecular formula is C15H19N3O2. The first-order valence-electron chi connectivity index (χ1n) is 7.30. The fourth-order valence-corrected chi connectivity index (χ4v) is 2.87. The van der Waals surface area contributed by atoms with Crippen LogP contribution in [0.3, 0.4) is 0 Å². The van der Waals surface area contributed by atoms with Gasteiger partial charge in [0.25, 0.3) is 11.8 Å². The SMILES string of the molecule is O=C(c1ccnc(C(=O)N2CCCC2)c1)N1CCCC1. The first-order valence-corrected chi connectivity index (χ1v) is 7.30. The molecule has 0 atom stereocenters. The first-order chi connectivity index (χ1) is 9.75. The van der Waals surface area contributed by atoms with Gasteiger partial charge in [0.2, 0.25) is 0 Å². The molecule has 1 aromatic rings. The second-order valence-electron chi connectivity index (χ2n) is 5.43. The van der Waals surface area contributed by atoms with Crippen molar-refractivity contribution < 1.29 is 9.59 Å². The summed E-state index contributed by atoms with van der Waals surface area (Å²) < 4.78 is 0. The molecule has 2 aliphatic rings. The van der Waals surface area contributed by atoms with Crippen molar-refractivity contribution in [2.75, 3.05) is 26.2 Å². The van der Waals surface area contributed by atoms with Gasteiger partial charge in [-0.15, -0.1) is 0 Å². The Kier molecular flexibility index (Phi) is 3.67. The molecular weight excluding hydrogens is 254 g/mol. The fraction of sp³-hybridized carbons (Fsp3) is 0.533. The molecule has 0 radical (unpaired) electrons. The zero-order valence-electron chi connectivity index (χ0n) is 11.5. The van der Waals surface area contributed by atoms with Gasteiger partial charge in [0, 0.05) is 37.9 Å². The Hall–Kier alpha value is -1.91. The van der Waals surface area contributed by atoms with Crippen LogP contribution in [0, 0.1) is 0 Å². The van der Waals surface area contributed by atoms with Gasteiger partial charge in [-0.2, -0.15) is 0 Å². The van der Waals surface area contributed by atoms with Gasteiger partial charge >= 0.3 is 0 Å². The number of rotatable bonds is 2. The molecule has 106 valence electrons. The molecule has 2 fully saturated rings. The van der Waals surface area contributed by atoms with Gasteiger partial charge in [-0.1, -0.05) is 0 Å². The number of nitrogens with zero attached hydrogens (tertiary/aromatic N) is 3. The zero-order chi connectivity index (χ0) is 13.9. The molecule has 5 heteroatoms. The van der Waals surface area contributed by atoms with Crippen molar-refractivity contribution in [2.24, 2.45) is 0 Å². The van der Waals surface area contributed by atoms with E-state index in [0.717, 1.165) is 51.9 Å². The van der Waals surface area contributed by atoms with Crippen LogP contribution in [0.5, 0.6) is 0 Å². The molecule has 20 heavy (non-hydrogen) atoms. The maximum Gasteiger partial charge on any atom is 0.272 e. The largest absolute Gasteiger partial charge is 0.339 e. The summed E-state index contributed by atoms with van der Waals surface area (Å²) in [4.78, 5) is 32.4. The predicted octanol–water partition coefficient (Wildman–Crippen LogP) is 1.55. The summed E-state index contributed by atoms with van der Waals surface area (Å²) in [5.41, 5.74) is 0.960. The average Bonchev–Trinajstić information content (AvgIpc) is 3.18. The van der Waals surface area contributed by atoms with Gasteiger partial charge in [0.1, 0.15) is 5.69 Å². The molecule has 2 saturated heterocycles. The van der Waals surface area contributed by atoms with Crippen molar-refractivity contribution in [2.45, 2.75) is 25.7 Å². The highest BCUT2D eigenvalue weighted by atomic mass is 16.2. The quantitative estimate of drug-likeness (QED) is 0.821. The Balaban J connectivity index is 1.78. The van der Waals surface area contributed by atoms with Crippen molar-refractivity contribution in [1.29, 1.82) is 0 Å². The highest BCUT2D eigenvalue weighted by Gasteiger charge is 2.23. The van der Waals surface area contributed by atoms with Crippen molar-refractivity contribution in [1.82, 2.24) is 14.8 Å². The van der Waals surface area contributed by atoms with Crippen LogP contribution in [0.2, 0.25) is 0 Å². The molecule has 0 N–H and O–H groups in total. The lowest BCUT2D eigenvalue weighted by atomic mass is 10.2. The number of aromatic nitrogens is 1. The van der Waals surface area contributed by atoms with E-state index < -0.39 is 0 Å². The predicted molar refractivity (Wildman–Crippen MR) is 74.5 cm³/mol. The van der Waals surface area contributed by atoms with Crippen molar-refractivity contribution in [3.8, 4) is 0 Å². The molecule has 2 amide bonds. The smallest absolute Gasteiger partial charge is 0.272 e. The lowest BCUT2D eigenvalue weighted by Gasteiger charge is -2.17. The summed E-state index contributed by atoms with van der Waals surface area (Å²) in [5, 5.41) is 0. The third-order valence-corrected chi connectivity index (χ3v) is 4.01. The maximum atomic E-state index is 12.3. The molecule has 0 unspecified atom stereocenters. The molecule has 5 nitrogen and oxygen atoms in total. The number of hydrogen-bond acceptors (Lipinski definition) is 3. The molecule has 3 heterocycles. The molecule has 3 rings (SSSR count). The van der Waals surface area contributed by atoms with E-state index in [9.17, 15) is 9.59 Å². The lowest BCUT2D eigenvalue weighted by Crippen LogP contribution is -2.30. The van der Waals surface area contributed by atoms with E-state index in [-0.39, 0.29) is 11.8 Å². The van der Waals surface area contributed by atoms with Crippen molar-refractivity contribution in [3.63, 3.8) is 0 Å². The van der Waals surface area contributed by atoms with Crippen LogP contribution in [0.15, 0.2) is 18.3 Å². The zero-order valence-corrected chi connectivity index (χ0v) is 11.5. The van der Waals surface area contributed by atoms with E-state index in [2.05, 4.69) is 4.98 Å². The van der Waals surface area contributed by atoms with Crippen LogP contribution in [-0.4, -0.2) is 52.8 Å². The highest BCUT2D eigenvalue weighted by Crippen LogP contribution is 2.15. The molecule has 0 aliphatic carbocycles. The van der Waals surface area contributed by atoms with Gasteiger partial charge in [-0.25, -0.2) is 0 Å². The summed E-state index contributed by atoms with van der Waals surface area (Å²) >= 11 is 0. The van der Waals surface area contributed by atoms with Gasteiger partial charge < -0.3 is 9.80 Å². The number of likely N-dealkylation sites (tertiary alicyclic amines) is 2. The van der Waals surface area contributed by atoms with Gasteiger partial charge in [0.05, 0.1) is 0 Å². The third kappa shape index (κ3) is 2.53. The Morgan fingerprint density at radius 1 is 0.900 bits per heavy atom. The molecule has 0 saturated carbocycles. The summed E-state index contributed by atoms with van der Waals surface area (Å²) in [6, 6.07) is 3.34. The van der Waals surface area contributed by atoms with Gasteiger partial charge in [-0.05, 0) is 37.8 Å². The number of carbonyl (C=O) groups is 2. The lowest BCUT2D eigenvalue weighted by molar-refractivity contribution is 0.0786. The third-order valence-electron chi connectivity index (χ3n) is 4.01. The topological polar surface area (TPSA) is 53.5 Å². The molecule has 0 bridgehead atoms. The summed E-state index contributed by atoms with van der Waals surface area (Å²) in [7, 11) is 0. The Morgan fingerprint density at radius 2 is 1.45 bits per heavy atom. The van der Waals surface area contributed by atoms with Crippen molar-refractivity contribution in [3.05, 3.63) is 29.6 Å². The summed E-state index contributed by atoms with van der Waals surface area (Å²) in [6.45, 7) is 3.22. The van der Waals surface area contributed by atoms with Crippen LogP contribution < -0.4 is 0 Å². The van der Waals surface area contributed by atoms with Crippen LogP contribution in [0.25, 0.3) is 0 Å². The second kappa shape index (κ2) is 5.61. The van der Waals surface area contributed by atoms with E-state index >= 15 is 0 Å². The van der Waals surface area contributed by atoms with Gasteiger partial charge in [-0.3, -0.25) is 14.6 Å². The molecule has 2 aliphatic heterocycles. The minimum absolute atomic E-state index is 0.0142. The van der Waals surface area contributed by atoms with Gasteiger partial charge in [0.15, 0.2) is 0 Å². The van der Waals surface area contributed by atoms with Crippen LogP contribution in [0.1, 0.15) is 46.5 Å². The maximum absolute atomic E-state index is 12.3. The molecule has 0 spiro atoms. The van der Waals surface area contributed by atoms with E-state index in [4.69, 9.17) is 0 Å². The Morgan fingerprint density at radius 3 is 2.05 bits per heavy atom. The minimum atomic E-state index is -0.0569. The number of carbonyl (C=O) groups excluding carboxylic acids is 2. The monoisotopic (exact) mass is 273 g/mol. The van der Waals surface area contributed by atoms with Crippen molar-refractivity contribution >= 4 is 11.8 Å². The first kappa shape index (κ1) is 13.1. The van der Waals surface area contributed by atoms with Crippen LogP contribution in [-0.2, 0) is 0 Å². The Labute approximate surface area is 118 Å². The van der Waals surface area contributed by atoms with E-state index in [1.807, 2.05) is 9.80 Å². The van der Waals surface area contributed by atoms with Crippen LogP contribution >= 0.6 is 0 Å². The number of hydrogen-bond donors (Lipinski definition) is 0. The molecule has 0 aromatic carbocycles. The van der Waals surface area contributed by atoms with Crippen LogP contribution in [0.4, 0.5) is 0 Å². The minimum Gasteiger partial charge on any atom is -0.339 e. The number of amides is 2.